The Kier molecular flexibility index (Phi) is 6.93. The van der Waals surface area contributed by atoms with E-state index in [4.69, 9.17) is 9.97 Å². The fourth-order valence-electron chi connectivity index (χ4n) is 10.6. The highest BCUT2D eigenvalue weighted by molar-refractivity contribution is 6.20. The number of benzene rings is 9. The molecule has 2 heterocycles. The molecule has 0 N–H and O–H groups in total. The smallest absolute Gasteiger partial charge is 0.145 e. The first kappa shape index (κ1) is 33.1. The van der Waals surface area contributed by atoms with E-state index in [1.807, 2.05) is 0 Å². The molecule has 0 amide bonds. The number of fused-ring (bicyclic) bond motifs is 15. The van der Waals surface area contributed by atoms with E-state index in [2.05, 4.69) is 217 Å². The third-order valence-electron chi connectivity index (χ3n) is 13.0. The molecule has 2 aromatic heterocycles. The minimum Gasteiger partial charge on any atom is -0.292 e. The monoisotopic (exact) mass is 761 g/mol. The van der Waals surface area contributed by atoms with Crippen LogP contribution in [0, 0.1) is 0 Å². The number of rotatable bonds is 4. The molecule has 3 heteroatoms. The second-order valence-electron chi connectivity index (χ2n) is 16.0. The lowest BCUT2D eigenvalue weighted by Crippen LogP contribution is -2.25. The molecule has 11 aromatic rings. The number of hydrogen-bond donors (Lipinski definition) is 0. The van der Waals surface area contributed by atoms with Crippen LogP contribution in [0.25, 0.3) is 94.4 Å². The van der Waals surface area contributed by atoms with Crippen molar-refractivity contribution in [1.29, 1.82) is 0 Å². The molecule has 2 aliphatic carbocycles. The van der Waals surface area contributed by atoms with Gasteiger partial charge in [-0.3, -0.25) is 4.57 Å². The van der Waals surface area contributed by atoms with Crippen LogP contribution in [-0.4, -0.2) is 14.5 Å². The molecule has 0 fully saturated rings. The summed E-state index contributed by atoms with van der Waals surface area (Å²) < 4.78 is 2.25. The summed E-state index contributed by atoms with van der Waals surface area (Å²) in [6, 6.07) is 77.1. The van der Waals surface area contributed by atoms with Crippen LogP contribution in [0.1, 0.15) is 22.3 Å². The summed E-state index contributed by atoms with van der Waals surface area (Å²) in [5.74, 6) is 0.926. The van der Waals surface area contributed by atoms with Gasteiger partial charge < -0.3 is 0 Å². The van der Waals surface area contributed by atoms with E-state index in [1.54, 1.807) is 0 Å². The second kappa shape index (κ2) is 12.6. The van der Waals surface area contributed by atoms with Crippen molar-refractivity contribution in [2.45, 2.75) is 5.41 Å². The SMILES string of the molecule is c1ccc(-n2c(-c3ccc(-c4cccc(-c5nc6ccccc6c6c7c(ccc56)C5(c6ccccc6-c6ccccc65)c5ccccc5-7)c4)cc3)nc3ccccc32)cc1. The van der Waals surface area contributed by atoms with Crippen molar-refractivity contribution in [1.82, 2.24) is 14.5 Å². The van der Waals surface area contributed by atoms with E-state index >= 15 is 0 Å². The fraction of sp³-hybridized carbons (Fsp3) is 0.0175. The first-order valence-corrected chi connectivity index (χ1v) is 20.7. The summed E-state index contributed by atoms with van der Waals surface area (Å²) in [5, 5.41) is 3.59. The molecule has 13 rings (SSSR count). The number of pyridine rings is 1. The van der Waals surface area contributed by atoms with Gasteiger partial charge in [-0.25, -0.2) is 9.97 Å². The Morgan fingerprint density at radius 3 is 1.73 bits per heavy atom. The number of nitrogens with zero attached hydrogens (tertiary/aromatic N) is 3. The average molecular weight is 762 g/mol. The zero-order valence-corrected chi connectivity index (χ0v) is 32.5. The normalized spacial score (nSPS) is 13.1. The quantitative estimate of drug-likeness (QED) is 0.167. The number of para-hydroxylation sites is 4. The van der Waals surface area contributed by atoms with Crippen LogP contribution >= 0.6 is 0 Å². The van der Waals surface area contributed by atoms with Crippen LogP contribution in [0.15, 0.2) is 212 Å². The van der Waals surface area contributed by atoms with Crippen molar-refractivity contribution in [3.05, 3.63) is 235 Å². The number of aromatic nitrogens is 3. The van der Waals surface area contributed by atoms with E-state index in [1.165, 1.54) is 55.3 Å². The Hall–Kier alpha value is -7.88. The summed E-state index contributed by atoms with van der Waals surface area (Å²) in [6.45, 7) is 0. The van der Waals surface area contributed by atoms with Crippen molar-refractivity contribution in [3.63, 3.8) is 0 Å². The molecule has 0 unspecified atom stereocenters. The maximum absolute atomic E-state index is 5.45. The predicted octanol–water partition coefficient (Wildman–Crippen LogP) is 14.1. The third kappa shape index (κ3) is 4.49. The van der Waals surface area contributed by atoms with E-state index in [0.29, 0.717) is 0 Å². The topological polar surface area (TPSA) is 30.7 Å². The Labute approximate surface area is 347 Å². The molecule has 1 spiro atoms. The molecule has 278 valence electrons. The van der Waals surface area contributed by atoms with Gasteiger partial charge in [0.05, 0.1) is 27.7 Å². The van der Waals surface area contributed by atoms with Gasteiger partial charge in [0.25, 0.3) is 0 Å². The Bertz CT molecular complexity index is 3500. The van der Waals surface area contributed by atoms with E-state index in [9.17, 15) is 0 Å². The van der Waals surface area contributed by atoms with Gasteiger partial charge in [-0.15, -0.1) is 0 Å². The van der Waals surface area contributed by atoms with Crippen LogP contribution in [0.4, 0.5) is 0 Å². The van der Waals surface area contributed by atoms with E-state index < -0.39 is 5.41 Å². The maximum Gasteiger partial charge on any atom is 0.145 e. The number of imidazole rings is 1. The van der Waals surface area contributed by atoms with Gasteiger partial charge in [0.2, 0.25) is 0 Å². The Morgan fingerprint density at radius 1 is 0.367 bits per heavy atom. The second-order valence-corrected chi connectivity index (χ2v) is 16.0. The standard InChI is InChI=1S/C57H35N3/c1-2-17-40(18-3-1)60-52-28-13-12-27-51(52)59-56(60)37-31-29-36(30-32-37)38-15-14-16-39(35-38)55-45-33-34-49-54(53(45)44-22-7-11-26-50(44)58-55)43-21-6-10-25-48(43)57(49)46-23-8-4-19-41(46)42-20-5-9-24-47(42)57/h1-35H. The van der Waals surface area contributed by atoms with Crippen LogP contribution in [0.5, 0.6) is 0 Å². The van der Waals surface area contributed by atoms with Crippen LogP contribution in [0.3, 0.4) is 0 Å². The van der Waals surface area contributed by atoms with Gasteiger partial charge in [-0.05, 0) is 92.0 Å². The first-order valence-electron chi connectivity index (χ1n) is 20.7. The molecular weight excluding hydrogens is 727 g/mol. The number of hydrogen-bond acceptors (Lipinski definition) is 2. The van der Waals surface area contributed by atoms with E-state index in [-0.39, 0.29) is 0 Å². The van der Waals surface area contributed by atoms with Gasteiger partial charge in [0.15, 0.2) is 0 Å². The average Bonchev–Trinajstić information content (AvgIpc) is 3.96. The van der Waals surface area contributed by atoms with Crippen LogP contribution < -0.4 is 0 Å². The van der Waals surface area contributed by atoms with Crippen LogP contribution in [-0.2, 0) is 5.41 Å². The predicted molar refractivity (Wildman–Crippen MR) is 246 cm³/mol. The Balaban J connectivity index is 0.987. The lowest BCUT2D eigenvalue weighted by atomic mass is 9.70. The Morgan fingerprint density at radius 2 is 0.967 bits per heavy atom. The summed E-state index contributed by atoms with van der Waals surface area (Å²) in [6.07, 6.45) is 0. The zero-order chi connectivity index (χ0) is 39.4. The van der Waals surface area contributed by atoms with Gasteiger partial charge in [-0.1, -0.05) is 176 Å². The third-order valence-corrected chi connectivity index (χ3v) is 13.0. The van der Waals surface area contributed by atoms with E-state index in [0.717, 1.165) is 61.4 Å². The minimum absolute atomic E-state index is 0.408. The molecule has 0 atom stereocenters. The zero-order valence-electron chi connectivity index (χ0n) is 32.5. The maximum atomic E-state index is 5.45. The molecule has 2 aliphatic rings. The molecule has 0 radical (unpaired) electrons. The van der Waals surface area contributed by atoms with Crippen molar-refractivity contribution >= 4 is 32.7 Å². The van der Waals surface area contributed by atoms with Gasteiger partial charge in [-0.2, -0.15) is 0 Å². The highest BCUT2D eigenvalue weighted by atomic mass is 15.1. The minimum atomic E-state index is -0.408. The highest BCUT2D eigenvalue weighted by Gasteiger charge is 2.52. The lowest BCUT2D eigenvalue weighted by molar-refractivity contribution is 0.794. The summed E-state index contributed by atoms with van der Waals surface area (Å²) in [4.78, 5) is 10.6. The molecular formula is C57H35N3. The highest BCUT2D eigenvalue weighted by Crippen LogP contribution is 2.64. The molecule has 60 heavy (non-hydrogen) atoms. The van der Waals surface area contributed by atoms with Crippen molar-refractivity contribution in [3.8, 4) is 61.7 Å². The molecule has 0 bridgehead atoms. The molecule has 0 saturated carbocycles. The lowest BCUT2D eigenvalue weighted by Gasteiger charge is -2.30. The van der Waals surface area contributed by atoms with Crippen molar-refractivity contribution in [2.75, 3.05) is 0 Å². The van der Waals surface area contributed by atoms with Gasteiger partial charge >= 0.3 is 0 Å². The van der Waals surface area contributed by atoms with Gasteiger partial charge in [0, 0.05) is 33.0 Å². The fourth-order valence-corrected chi connectivity index (χ4v) is 10.6. The van der Waals surface area contributed by atoms with Gasteiger partial charge in [0.1, 0.15) is 5.82 Å². The summed E-state index contributed by atoms with van der Waals surface area (Å²) >= 11 is 0. The first-order chi connectivity index (χ1) is 29.8. The molecule has 3 nitrogen and oxygen atoms in total. The largest absolute Gasteiger partial charge is 0.292 e. The molecule has 9 aromatic carbocycles. The van der Waals surface area contributed by atoms with Crippen LogP contribution in [0.2, 0.25) is 0 Å². The van der Waals surface area contributed by atoms with Crippen molar-refractivity contribution < 1.29 is 0 Å². The summed E-state index contributed by atoms with van der Waals surface area (Å²) in [5.41, 5.74) is 19.8. The molecule has 0 saturated heterocycles. The molecule has 0 aliphatic heterocycles. The van der Waals surface area contributed by atoms with Crippen molar-refractivity contribution in [2.24, 2.45) is 0 Å². The summed E-state index contributed by atoms with van der Waals surface area (Å²) in [7, 11) is 0.